The van der Waals surface area contributed by atoms with Crippen LogP contribution in [0.4, 0.5) is 11.4 Å². The van der Waals surface area contributed by atoms with E-state index in [4.69, 9.17) is 23.2 Å². The molecule has 0 saturated heterocycles. The Morgan fingerprint density at radius 3 is 2.39 bits per heavy atom. The van der Waals surface area contributed by atoms with E-state index in [0.29, 0.717) is 12.2 Å². The van der Waals surface area contributed by atoms with Gasteiger partial charge in [0.1, 0.15) is 0 Å². The molecule has 0 heterocycles. The molecule has 0 aliphatic carbocycles. The summed E-state index contributed by atoms with van der Waals surface area (Å²) in [6.45, 7) is 0.330. The molecule has 0 radical (unpaired) electrons. The van der Waals surface area contributed by atoms with Crippen molar-refractivity contribution in [2.24, 2.45) is 0 Å². The molecule has 2 N–H and O–H groups in total. The molecule has 1 aromatic rings. The van der Waals surface area contributed by atoms with Crippen LogP contribution >= 0.6 is 23.2 Å². The first-order valence-electron chi connectivity index (χ1n) is 5.03. The minimum Gasteiger partial charge on any atom is -0.382 e. The summed E-state index contributed by atoms with van der Waals surface area (Å²) in [5, 5.41) is 16.2. The van der Waals surface area contributed by atoms with Gasteiger partial charge in [0.05, 0.1) is 20.7 Å². The number of anilines is 1. The largest absolute Gasteiger partial charge is 0.382 e. The highest BCUT2D eigenvalue weighted by molar-refractivity contribution is 6.39. The summed E-state index contributed by atoms with van der Waals surface area (Å²) in [4.78, 5) is 21.0. The SMILES string of the molecule is CNC(=O)CCNc1c(Cl)cc([N+](=O)[O-])cc1Cl. The number of hydrogen-bond acceptors (Lipinski definition) is 4. The van der Waals surface area contributed by atoms with E-state index in [1.165, 1.54) is 19.2 Å². The first-order chi connectivity index (χ1) is 8.45. The molecule has 0 saturated carbocycles. The van der Waals surface area contributed by atoms with Crippen LogP contribution in [0.15, 0.2) is 12.1 Å². The van der Waals surface area contributed by atoms with Crippen LogP contribution in [-0.2, 0) is 4.79 Å². The van der Waals surface area contributed by atoms with Gasteiger partial charge in [-0.3, -0.25) is 14.9 Å². The summed E-state index contributed by atoms with van der Waals surface area (Å²) in [5.41, 5.74) is 0.203. The zero-order chi connectivity index (χ0) is 13.7. The van der Waals surface area contributed by atoms with E-state index in [9.17, 15) is 14.9 Å². The van der Waals surface area contributed by atoms with Crippen LogP contribution in [0.1, 0.15) is 6.42 Å². The third-order valence-electron chi connectivity index (χ3n) is 2.17. The molecule has 0 aliphatic heterocycles. The standard InChI is InChI=1S/C10H11Cl2N3O3/c1-13-9(16)2-3-14-10-7(11)4-6(15(17)18)5-8(10)12/h4-5,14H,2-3H2,1H3,(H,13,16). The van der Waals surface area contributed by atoms with Crippen molar-refractivity contribution >= 4 is 40.5 Å². The number of nitrogens with one attached hydrogen (secondary N) is 2. The van der Waals surface area contributed by atoms with Crippen LogP contribution in [0.2, 0.25) is 10.0 Å². The van der Waals surface area contributed by atoms with Crippen LogP contribution in [-0.4, -0.2) is 24.4 Å². The van der Waals surface area contributed by atoms with Crippen LogP contribution < -0.4 is 10.6 Å². The van der Waals surface area contributed by atoms with Gasteiger partial charge in [-0.1, -0.05) is 23.2 Å². The monoisotopic (exact) mass is 291 g/mol. The van der Waals surface area contributed by atoms with Crippen LogP contribution in [0.5, 0.6) is 0 Å². The van der Waals surface area contributed by atoms with Crippen molar-refractivity contribution in [2.45, 2.75) is 6.42 Å². The summed E-state index contributed by atoms with van der Waals surface area (Å²) in [6, 6.07) is 2.41. The third-order valence-corrected chi connectivity index (χ3v) is 2.77. The maximum atomic E-state index is 11.0. The Hall–Kier alpha value is -1.53. The Bertz CT molecular complexity index is 456. The Morgan fingerprint density at radius 1 is 1.39 bits per heavy atom. The number of non-ortho nitro benzene ring substituents is 1. The number of nitro groups is 1. The molecule has 1 rings (SSSR count). The lowest BCUT2D eigenvalue weighted by Gasteiger charge is -2.09. The number of amides is 1. The Kier molecular flexibility index (Phi) is 5.18. The van der Waals surface area contributed by atoms with Crippen LogP contribution in [0, 0.1) is 10.1 Å². The lowest BCUT2D eigenvalue weighted by Crippen LogP contribution is -2.20. The fraction of sp³-hybridized carbons (Fsp3) is 0.300. The molecule has 18 heavy (non-hydrogen) atoms. The van der Waals surface area contributed by atoms with Gasteiger partial charge in [0.15, 0.2) is 0 Å². The van der Waals surface area contributed by atoms with E-state index in [-0.39, 0.29) is 28.1 Å². The van der Waals surface area contributed by atoms with Gasteiger partial charge in [0, 0.05) is 32.1 Å². The molecule has 0 unspecified atom stereocenters. The zero-order valence-electron chi connectivity index (χ0n) is 9.50. The third kappa shape index (κ3) is 3.75. The van der Waals surface area contributed by atoms with Gasteiger partial charge in [-0.2, -0.15) is 0 Å². The number of hydrogen-bond donors (Lipinski definition) is 2. The molecule has 0 aromatic heterocycles. The average molecular weight is 292 g/mol. The van der Waals surface area contributed by atoms with Crippen LogP contribution in [0.25, 0.3) is 0 Å². The fourth-order valence-corrected chi connectivity index (χ4v) is 1.87. The number of halogens is 2. The quantitative estimate of drug-likeness (QED) is 0.645. The molecule has 6 nitrogen and oxygen atoms in total. The van der Waals surface area contributed by atoms with Crippen molar-refractivity contribution in [3.8, 4) is 0 Å². The van der Waals surface area contributed by atoms with Gasteiger partial charge in [0.25, 0.3) is 5.69 Å². The van der Waals surface area contributed by atoms with Crippen molar-refractivity contribution in [1.82, 2.24) is 5.32 Å². The van der Waals surface area contributed by atoms with E-state index in [1.807, 2.05) is 0 Å². The molecule has 1 aromatic carbocycles. The molecule has 0 atom stereocenters. The van der Waals surface area contributed by atoms with Crippen molar-refractivity contribution in [3.05, 3.63) is 32.3 Å². The number of nitro benzene ring substituents is 1. The Labute approximate surface area is 113 Å². The number of rotatable bonds is 5. The molecule has 98 valence electrons. The van der Waals surface area contributed by atoms with Gasteiger partial charge < -0.3 is 10.6 Å². The summed E-state index contributed by atoms with van der Waals surface area (Å²) in [6.07, 6.45) is 0.250. The predicted molar refractivity (Wildman–Crippen MR) is 70.3 cm³/mol. The lowest BCUT2D eigenvalue weighted by molar-refractivity contribution is -0.384. The smallest absolute Gasteiger partial charge is 0.272 e. The summed E-state index contributed by atoms with van der Waals surface area (Å²) in [5.74, 6) is -0.128. The van der Waals surface area contributed by atoms with Gasteiger partial charge in [-0.15, -0.1) is 0 Å². The molecule has 8 heteroatoms. The van der Waals surface area contributed by atoms with Crippen molar-refractivity contribution in [3.63, 3.8) is 0 Å². The molecule has 1 amide bonds. The van der Waals surface area contributed by atoms with E-state index >= 15 is 0 Å². The van der Waals surface area contributed by atoms with Gasteiger partial charge in [-0.05, 0) is 0 Å². The zero-order valence-corrected chi connectivity index (χ0v) is 11.0. The first kappa shape index (κ1) is 14.5. The normalized spacial score (nSPS) is 9.94. The maximum Gasteiger partial charge on any atom is 0.272 e. The average Bonchev–Trinajstić information content (AvgIpc) is 2.31. The second kappa shape index (κ2) is 6.42. The fourth-order valence-electron chi connectivity index (χ4n) is 1.26. The van der Waals surface area contributed by atoms with Crippen LogP contribution in [0.3, 0.4) is 0 Å². The lowest BCUT2D eigenvalue weighted by atomic mass is 10.2. The van der Waals surface area contributed by atoms with E-state index < -0.39 is 4.92 Å². The highest BCUT2D eigenvalue weighted by Crippen LogP contribution is 2.34. The molecular formula is C10H11Cl2N3O3. The van der Waals surface area contributed by atoms with E-state index in [2.05, 4.69) is 10.6 Å². The minimum atomic E-state index is -0.577. The second-order valence-electron chi connectivity index (χ2n) is 3.39. The number of benzene rings is 1. The summed E-state index contributed by atoms with van der Waals surface area (Å²) in [7, 11) is 1.54. The Morgan fingerprint density at radius 2 is 1.94 bits per heavy atom. The second-order valence-corrected chi connectivity index (χ2v) is 4.21. The summed E-state index contributed by atoms with van der Waals surface area (Å²) < 4.78 is 0. The molecule has 0 spiro atoms. The van der Waals surface area contributed by atoms with E-state index in [0.717, 1.165) is 0 Å². The molecule has 0 fully saturated rings. The predicted octanol–water partition coefficient (Wildman–Crippen LogP) is 2.45. The molecular weight excluding hydrogens is 281 g/mol. The summed E-state index contributed by atoms with van der Waals surface area (Å²) >= 11 is 11.8. The minimum absolute atomic E-state index is 0.128. The topological polar surface area (TPSA) is 84.3 Å². The molecule has 0 aliphatic rings. The van der Waals surface area contributed by atoms with Crippen molar-refractivity contribution in [2.75, 3.05) is 18.9 Å². The first-order valence-corrected chi connectivity index (χ1v) is 5.79. The van der Waals surface area contributed by atoms with Gasteiger partial charge in [-0.25, -0.2) is 0 Å². The van der Waals surface area contributed by atoms with E-state index in [1.54, 1.807) is 0 Å². The number of nitrogens with zero attached hydrogens (tertiary/aromatic N) is 1. The highest BCUT2D eigenvalue weighted by atomic mass is 35.5. The van der Waals surface area contributed by atoms with Gasteiger partial charge in [0.2, 0.25) is 5.91 Å². The van der Waals surface area contributed by atoms with Crippen molar-refractivity contribution in [1.29, 1.82) is 0 Å². The molecule has 0 bridgehead atoms. The van der Waals surface area contributed by atoms with Gasteiger partial charge >= 0.3 is 0 Å². The Balaban J connectivity index is 2.78. The van der Waals surface area contributed by atoms with Crippen molar-refractivity contribution < 1.29 is 9.72 Å². The highest BCUT2D eigenvalue weighted by Gasteiger charge is 2.14. The number of carbonyl (C=O) groups excluding carboxylic acids is 1. The maximum absolute atomic E-state index is 11.0. The number of carbonyl (C=O) groups is 1.